The highest BCUT2D eigenvalue weighted by Crippen LogP contribution is 2.25. The molecular weight excluding hydrogens is 378 g/mol. The van der Waals surface area contributed by atoms with Crippen LogP contribution in [0.15, 0.2) is 24.3 Å². The van der Waals surface area contributed by atoms with Crippen LogP contribution in [0, 0.1) is 0 Å². The number of ketones is 1. The summed E-state index contributed by atoms with van der Waals surface area (Å²) >= 11 is 0.784. The maximum absolute atomic E-state index is 12.8. The van der Waals surface area contributed by atoms with Gasteiger partial charge in [0.05, 0.1) is 11.7 Å². The highest BCUT2D eigenvalue weighted by Gasteiger charge is 2.30. The first kappa shape index (κ1) is 22.3. The Bertz CT molecular complexity index is 745. The fourth-order valence-corrected chi connectivity index (χ4v) is 3.83. The number of nitrogens with one attached hydrogen (secondary N) is 1. The summed E-state index contributed by atoms with van der Waals surface area (Å²) in [6.45, 7) is 8.27. The molecule has 1 aliphatic heterocycles. The second-order valence-electron chi connectivity index (χ2n) is 7.94. The van der Waals surface area contributed by atoms with Gasteiger partial charge in [-0.15, -0.1) is 0 Å². The third kappa shape index (κ3) is 6.27. The first-order valence-corrected chi connectivity index (χ1v) is 10.3. The average molecular weight is 406 g/mol. The first-order chi connectivity index (χ1) is 13.1. The number of carbonyl (C=O) groups excluding carboxylic acids is 4. The maximum Gasteiger partial charge on any atom is 0.330 e. The molecule has 2 atom stereocenters. The number of hydrogen-bond acceptors (Lipinski definition) is 7. The van der Waals surface area contributed by atoms with Crippen molar-refractivity contribution in [2.24, 2.45) is 0 Å². The van der Waals surface area contributed by atoms with Crippen LogP contribution in [0.2, 0.25) is 0 Å². The minimum absolute atomic E-state index is 0.0481. The van der Waals surface area contributed by atoms with Gasteiger partial charge >= 0.3 is 11.9 Å². The highest BCUT2D eigenvalue weighted by molar-refractivity contribution is 8.14. The molecule has 1 fully saturated rings. The van der Waals surface area contributed by atoms with Crippen molar-refractivity contribution in [2.75, 3.05) is 6.54 Å². The Kier molecular flexibility index (Phi) is 7.55. The van der Waals surface area contributed by atoms with Crippen molar-refractivity contribution in [3.05, 3.63) is 35.4 Å². The quantitative estimate of drug-likeness (QED) is 0.442. The van der Waals surface area contributed by atoms with Crippen molar-refractivity contribution < 1.29 is 23.9 Å². The third-order valence-corrected chi connectivity index (χ3v) is 5.54. The SMILES string of the molecule is CC(=O)SC(CC(=O)OC(=O)[C@@H]1CCCN1)C(=O)c1ccc(C(C)(C)C)cc1. The van der Waals surface area contributed by atoms with Crippen molar-refractivity contribution in [3.63, 3.8) is 0 Å². The average Bonchev–Trinajstić information content (AvgIpc) is 3.14. The Hall–Kier alpha value is -1.99. The number of thioether (sulfide) groups is 1. The van der Waals surface area contributed by atoms with Crippen LogP contribution in [-0.4, -0.2) is 40.7 Å². The lowest BCUT2D eigenvalue weighted by Crippen LogP contribution is -2.35. The summed E-state index contributed by atoms with van der Waals surface area (Å²) in [6, 6.07) is 6.67. The molecule has 0 amide bonds. The van der Waals surface area contributed by atoms with Gasteiger partial charge in [-0.05, 0) is 30.4 Å². The van der Waals surface area contributed by atoms with E-state index in [4.69, 9.17) is 4.74 Å². The molecule has 0 spiro atoms. The Morgan fingerprint density at radius 3 is 2.32 bits per heavy atom. The van der Waals surface area contributed by atoms with Gasteiger partial charge in [-0.2, -0.15) is 0 Å². The fourth-order valence-electron chi connectivity index (χ4n) is 2.97. The zero-order valence-electron chi connectivity index (χ0n) is 16.7. The van der Waals surface area contributed by atoms with Gasteiger partial charge in [0.25, 0.3) is 0 Å². The number of benzene rings is 1. The van der Waals surface area contributed by atoms with Crippen LogP contribution in [0.25, 0.3) is 0 Å². The van der Waals surface area contributed by atoms with Crippen LogP contribution in [-0.2, 0) is 24.5 Å². The summed E-state index contributed by atoms with van der Waals surface area (Å²) in [5, 5.41) is 1.76. The summed E-state index contributed by atoms with van der Waals surface area (Å²) in [4.78, 5) is 48.6. The molecule has 1 aromatic carbocycles. The minimum atomic E-state index is -0.921. The van der Waals surface area contributed by atoms with Gasteiger partial charge in [0, 0.05) is 12.5 Å². The monoisotopic (exact) mass is 405 g/mol. The molecule has 6 nitrogen and oxygen atoms in total. The van der Waals surface area contributed by atoms with E-state index in [1.165, 1.54) is 6.92 Å². The van der Waals surface area contributed by atoms with Gasteiger partial charge in [0.2, 0.25) is 0 Å². The normalized spacial score (nSPS) is 17.8. The van der Waals surface area contributed by atoms with Crippen molar-refractivity contribution in [1.29, 1.82) is 0 Å². The van der Waals surface area contributed by atoms with Crippen molar-refractivity contribution in [1.82, 2.24) is 5.32 Å². The van der Waals surface area contributed by atoms with Gasteiger partial charge in [0.15, 0.2) is 10.9 Å². The van der Waals surface area contributed by atoms with E-state index in [2.05, 4.69) is 26.1 Å². The minimum Gasteiger partial charge on any atom is -0.392 e. The van der Waals surface area contributed by atoms with Crippen LogP contribution in [0.1, 0.15) is 62.9 Å². The smallest absolute Gasteiger partial charge is 0.330 e. The Morgan fingerprint density at radius 2 is 1.82 bits per heavy atom. The van der Waals surface area contributed by atoms with E-state index in [9.17, 15) is 19.2 Å². The lowest BCUT2D eigenvalue weighted by molar-refractivity contribution is -0.160. The van der Waals surface area contributed by atoms with E-state index < -0.39 is 23.2 Å². The number of rotatable bonds is 6. The molecule has 0 aromatic heterocycles. The van der Waals surface area contributed by atoms with E-state index >= 15 is 0 Å². The Balaban J connectivity index is 2.07. The van der Waals surface area contributed by atoms with E-state index in [1.807, 2.05) is 12.1 Å². The summed E-state index contributed by atoms with van der Waals surface area (Å²) in [5.41, 5.74) is 1.45. The maximum atomic E-state index is 12.8. The lowest BCUT2D eigenvalue weighted by atomic mass is 9.86. The zero-order chi connectivity index (χ0) is 20.9. The molecule has 1 aliphatic rings. The third-order valence-electron chi connectivity index (χ3n) is 4.55. The lowest BCUT2D eigenvalue weighted by Gasteiger charge is -2.19. The number of ether oxygens (including phenoxy) is 1. The Morgan fingerprint density at radius 1 is 1.18 bits per heavy atom. The molecule has 1 N–H and O–H groups in total. The molecule has 1 unspecified atom stereocenters. The number of esters is 2. The summed E-state index contributed by atoms with van der Waals surface area (Å²) in [5.74, 6) is -1.75. The van der Waals surface area contributed by atoms with Crippen LogP contribution in [0.3, 0.4) is 0 Å². The highest BCUT2D eigenvalue weighted by atomic mass is 32.2. The molecule has 7 heteroatoms. The molecule has 0 saturated carbocycles. The molecule has 2 rings (SSSR count). The van der Waals surface area contributed by atoms with Gasteiger partial charge in [-0.3, -0.25) is 14.4 Å². The van der Waals surface area contributed by atoms with Gasteiger partial charge in [-0.25, -0.2) is 4.79 Å². The zero-order valence-corrected chi connectivity index (χ0v) is 17.6. The summed E-state index contributed by atoms with van der Waals surface area (Å²) in [6.07, 6.45) is 1.14. The van der Waals surface area contributed by atoms with Crippen molar-refractivity contribution >= 4 is 34.6 Å². The van der Waals surface area contributed by atoms with Crippen LogP contribution >= 0.6 is 11.8 Å². The van der Waals surface area contributed by atoms with Crippen LogP contribution < -0.4 is 5.32 Å². The van der Waals surface area contributed by atoms with Crippen molar-refractivity contribution in [2.45, 2.75) is 63.7 Å². The predicted molar refractivity (Wildman–Crippen MR) is 108 cm³/mol. The van der Waals surface area contributed by atoms with Gasteiger partial charge in [-0.1, -0.05) is 56.8 Å². The van der Waals surface area contributed by atoms with Gasteiger partial charge < -0.3 is 10.1 Å². The van der Waals surface area contributed by atoms with E-state index in [1.54, 1.807) is 12.1 Å². The van der Waals surface area contributed by atoms with Gasteiger partial charge in [0.1, 0.15) is 6.04 Å². The standard InChI is InChI=1S/C21H27NO5S/c1-13(23)28-17(12-18(24)27-20(26)16-6-5-11-22-16)19(25)14-7-9-15(10-8-14)21(2,3)4/h7-10,16-17,22H,5-6,11-12H2,1-4H3/t16-,17?/m0/s1. The summed E-state index contributed by atoms with van der Waals surface area (Å²) < 4.78 is 4.88. The fraction of sp³-hybridized carbons (Fsp3) is 0.524. The second kappa shape index (κ2) is 9.47. The number of hydrogen-bond donors (Lipinski definition) is 1. The first-order valence-electron chi connectivity index (χ1n) is 9.38. The van der Waals surface area contributed by atoms with Crippen LogP contribution in [0.5, 0.6) is 0 Å². The van der Waals surface area contributed by atoms with E-state index in [-0.39, 0.29) is 22.7 Å². The van der Waals surface area contributed by atoms with Crippen molar-refractivity contribution in [3.8, 4) is 0 Å². The molecular formula is C21H27NO5S. The molecule has 0 bridgehead atoms. The predicted octanol–water partition coefficient (Wildman–Crippen LogP) is 3.03. The molecule has 1 heterocycles. The summed E-state index contributed by atoms with van der Waals surface area (Å²) in [7, 11) is 0. The number of Topliss-reactive ketones (excluding diaryl/α,β-unsaturated/α-hetero) is 1. The molecule has 28 heavy (non-hydrogen) atoms. The molecule has 0 radical (unpaired) electrons. The van der Waals surface area contributed by atoms with E-state index in [0.717, 1.165) is 23.7 Å². The molecule has 1 saturated heterocycles. The van der Waals surface area contributed by atoms with Crippen LogP contribution in [0.4, 0.5) is 0 Å². The Labute approximate surface area is 169 Å². The topological polar surface area (TPSA) is 89.5 Å². The van der Waals surface area contributed by atoms with E-state index in [0.29, 0.717) is 18.5 Å². The molecule has 0 aliphatic carbocycles. The second-order valence-corrected chi connectivity index (χ2v) is 9.32. The molecule has 152 valence electrons. The largest absolute Gasteiger partial charge is 0.392 e. The number of carbonyl (C=O) groups is 4. The molecule has 1 aromatic rings.